The van der Waals surface area contributed by atoms with Gasteiger partial charge in [0, 0.05) is 26.1 Å². The van der Waals surface area contributed by atoms with Gasteiger partial charge in [0.1, 0.15) is 11.5 Å². The van der Waals surface area contributed by atoms with E-state index in [1.165, 1.54) is 0 Å². The van der Waals surface area contributed by atoms with Crippen molar-refractivity contribution in [3.63, 3.8) is 0 Å². The molecule has 1 aromatic heterocycles. The molecule has 31 heavy (non-hydrogen) atoms. The molecule has 0 radical (unpaired) electrons. The molecular weight excluding hydrogens is 412 g/mol. The first-order valence-electron chi connectivity index (χ1n) is 9.61. The first kappa shape index (κ1) is 20.8. The highest BCUT2D eigenvalue weighted by molar-refractivity contribution is 7.22. The third-order valence-corrected chi connectivity index (χ3v) is 6.32. The number of benzene rings is 3. The highest BCUT2D eigenvalue weighted by Crippen LogP contribution is 2.42. The zero-order chi connectivity index (χ0) is 22.0. The molecule has 4 rings (SSSR count). The van der Waals surface area contributed by atoms with Crippen LogP contribution in [0.1, 0.15) is 15.9 Å². The molecule has 3 aromatic carbocycles. The number of methoxy groups -OCH3 is 4. The fourth-order valence-electron chi connectivity index (χ4n) is 3.50. The molecule has 0 bridgehead atoms. The standard InChI is InChI=1S/C25H22O5S/c1-27-17-8-5-15(6-9-17)25-23(19-11-10-18(28-2)14-22(19)31-25)24(26)16-7-12-20(29-3)21(13-16)30-4/h5-14H,1-4H3. The summed E-state index contributed by atoms with van der Waals surface area (Å²) >= 11 is 1.56. The summed E-state index contributed by atoms with van der Waals surface area (Å²) < 4.78 is 22.4. The predicted octanol–water partition coefficient (Wildman–Crippen LogP) is 5.83. The molecule has 4 aromatic rings. The van der Waals surface area contributed by atoms with Gasteiger partial charge in [-0.2, -0.15) is 0 Å². The minimum absolute atomic E-state index is 0.0804. The summed E-state index contributed by atoms with van der Waals surface area (Å²) in [5, 5.41) is 0.886. The van der Waals surface area contributed by atoms with Crippen molar-refractivity contribution in [2.24, 2.45) is 0 Å². The van der Waals surface area contributed by atoms with Crippen LogP contribution in [0.25, 0.3) is 20.5 Å². The van der Waals surface area contributed by atoms with Crippen LogP contribution in [0, 0.1) is 0 Å². The number of carbonyl (C=O) groups is 1. The van der Waals surface area contributed by atoms with Gasteiger partial charge in [0.15, 0.2) is 17.3 Å². The van der Waals surface area contributed by atoms with Crippen molar-refractivity contribution in [2.45, 2.75) is 0 Å². The zero-order valence-electron chi connectivity index (χ0n) is 17.7. The van der Waals surface area contributed by atoms with Gasteiger partial charge in [-0.1, -0.05) is 0 Å². The molecule has 0 N–H and O–H groups in total. The lowest BCUT2D eigenvalue weighted by atomic mass is 9.97. The third kappa shape index (κ3) is 3.82. The van der Waals surface area contributed by atoms with Gasteiger partial charge in [-0.3, -0.25) is 4.79 Å². The van der Waals surface area contributed by atoms with Crippen LogP contribution in [0.4, 0.5) is 0 Å². The van der Waals surface area contributed by atoms with E-state index in [0.29, 0.717) is 22.6 Å². The first-order chi connectivity index (χ1) is 15.1. The van der Waals surface area contributed by atoms with Gasteiger partial charge >= 0.3 is 0 Å². The van der Waals surface area contributed by atoms with Crippen LogP contribution in [0.2, 0.25) is 0 Å². The summed E-state index contributed by atoms with van der Waals surface area (Å²) in [5.74, 6) is 2.53. The summed E-state index contributed by atoms with van der Waals surface area (Å²) in [6.45, 7) is 0. The van der Waals surface area contributed by atoms with E-state index in [-0.39, 0.29) is 5.78 Å². The fraction of sp³-hybridized carbons (Fsp3) is 0.160. The SMILES string of the molecule is COc1ccc(-c2sc3cc(OC)ccc3c2C(=O)c2ccc(OC)c(OC)c2)cc1. The topological polar surface area (TPSA) is 54.0 Å². The van der Waals surface area contributed by atoms with Gasteiger partial charge in [0.2, 0.25) is 0 Å². The molecule has 0 unspecified atom stereocenters. The second-order valence-electron chi connectivity index (χ2n) is 6.80. The van der Waals surface area contributed by atoms with Gasteiger partial charge < -0.3 is 18.9 Å². The van der Waals surface area contributed by atoms with Crippen LogP contribution in [0.15, 0.2) is 60.7 Å². The van der Waals surface area contributed by atoms with Crippen molar-refractivity contribution in [1.29, 1.82) is 0 Å². The Labute approximate surface area is 184 Å². The average molecular weight is 435 g/mol. The highest BCUT2D eigenvalue weighted by Gasteiger charge is 2.23. The van der Waals surface area contributed by atoms with E-state index in [9.17, 15) is 4.79 Å². The molecule has 0 atom stereocenters. The molecule has 0 spiro atoms. The van der Waals surface area contributed by atoms with Crippen molar-refractivity contribution in [3.8, 4) is 33.4 Å². The van der Waals surface area contributed by atoms with Gasteiger partial charge in [0.25, 0.3) is 0 Å². The minimum atomic E-state index is -0.0804. The van der Waals surface area contributed by atoms with E-state index in [1.54, 1.807) is 58.0 Å². The number of ketones is 1. The quantitative estimate of drug-likeness (QED) is 0.342. The molecule has 5 nitrogen and oxygen atoms in total. The minimum Gasteiger partial charge on any atom is -0.497 e. The number of hydrogen-bond donors (Lipinski definition) is 0. The lowest BCUT2D eigenvalue weighted by Gasteiger charge is -2.10. The van der Waals surface area contributed by atoms with Crippen LogP contribution in [0.5, 0.6) is 23.0 Å². The molecule has 6 heteroatoms. The number of carbonyl (C=O) groups excluding carboxylic acids is 1. The van der Waals surface area contributed by atoms with E-state index in [0.717, 1.165) is 32.0 Å². The molecule has 0 aliphatic rings. The maximum absolute atomic E-state index is 13.7. The number of thiophene rings is 1. The molecule has 0 aliphatic heterocycles. The van der Waals surface area contributed by atoms with Crippen LogP contribution >= 0.6 is 11.3 Å². The second-order valence-corrected chi connectivity index (χ2v) is 7.85. The van der Waals surface area contributed by atoms with Crippen molar-refractivity contribution in [2.75, 3.05) is 28.4 Å². The Balaban J connectivity index is 1.91. The van der Waals surface area contributed by atoms with Crippen LogP contribution in [-0.2, 0) is 0 Å². The summed E-state index contributed by atoms with van der Waals surface area (Å²) in [6.07, 6.45) is 0. The van der Waals surface area contributed by atoms with Crippen molar-refractivity contribution >= 4 is 27.2 Å². The molecular formula is C25H22O5S. The molecule has 0 aliphatic carbocycles. The van der Waals surface area contributed by atoms with Gasteiger partial charge in [-0.05, 0) is 66.2 Å². The molecule has 0 amide bonds. The summed E-state index contributed by atoms with van der Waals surface area (Å²) in [6, 6.07) is 18.7. The van der Waals surface area contributed by atoms with E-state index in [4.69, 9.17) is 18.9 Å². The highest BCUT2D eigenvalue weighted by atomic mass is 32.1. The smallest absolute Gasteiger partial charge is 0.195 e. The first-order valence-corrected chi connectivity index (χ1v) is 10.4. The van der Waals surface area contributed by atoms with Crippen LogP contribution in [-0.4, -0.2) is 34.2 Å². The predicted molar refractivity (Wildman–Crippen MR) is 123 cm³/mol. The number of hydrogen-bond acceptors (Lipinski definition) is 6. The number of rotatable bonds is 7. The van der Waals surface area contributed by atoms with Gasteiger partial charge in [-0.15, -0.1) is 11.3 Å². The van der Waals surface area contributed by atoms with Gasteiger partial charge in [0.05, 0.1) is 28.4 Å². The Morgan fingerprint density at radius 2 is 1.39 bits per heavy atom. The third-order valence-electron chi connectivity index (χ3n) is 5.12. The summed E-state index contributed by atoms with van der Waals surface area (Å²) in [7, 11) is 6.39. The summed E-state index contributed by atoms with van der Waals surface area (Å²) in [4.78, 5) is 14.6. The molecule has 1 heterocycles. The second kappa shape index (κ2) is 8.70. The van der Waals surface area contributed by atoms with E-state index < -0.39 is 0 Å². The number of fused-ring (bicyclic) bond motifs is 1. The maximum Gasteiger partial charge on any atom is 0.195 e. The molecule has 0 saturated heterocycles. The molecule has 0 saturated carbocycles. The van der Waals surface area contributed by atoms with Crippen LogP contribution in [0.3, 0.4) is 0 Å². The normalized spacial score (nSPS) is 10.7. The Bertz CT molecular complexity index is 1240. The maximum atomic E-state index is 13.7. The lowest BCUT2D eigenvalue weighted by Crippen LogP contribution is -2.03. The largest absolute Gasteiger partial charge is 0.497 e. The van der Waals surface area contributed by atoms with Crippen molar-refractivity contribution in [3.05, 3.63) is 71.8 Å². The van der Waals surface area contributed by atoms with E-state index in [1.807, 2.05) is 42.5 Å². The Kier molecular flexibility index (Phi) is 5.82. The lowest BCUT2D eigenvalue weighted by molar-refractivity contribution is 0.104. The zero-order valence-corrected chi connectivity index (χ0v) is 18.5. The van der Waals surface area contributed by atoms with Crippen LogP contribution < -0.4 is 18.9 Å². The van der Waals surface area contributed by atoms with E-state index in [2.05, 4.69) is 0 Å². The summed E-state index contributed by atoms with van der Waals surface area (Å²) in [5.41, 5.74) is 2.13. The van der Waals surface area contributed by atoms with E-state index >= 15 is 0 Å². The fourth-order valence-corrected chi connectivity index (χ4v) is 4.73. The van der Waals surface area contributed by atoms with Gasteiger partial charge in [-0.25, -0.2) is 0 Å². The molecule has 0 fully saturated rings. The molecule has 158 valence electrons. The number of ether oxygens (including phenoxy) is 4. The average Bonchev–Trinajstić information content (AvgIpc) is 3.21. The van der Waals surface area contributed by atoms with Crippen molar-refractivity contribution < 1.29 is 23.7 Å². The Morgan fingerprint density at radius 3 is 2.03 bits per heavy atom. The Hall–Kier alpha value is -3.51. The van der Waals surface area contributed by atoms with Crippen molar-refractivity contribution in [1.82, 2.24) is 0 Å². The monoisotopic (exact) mass is 434 g/mol. The Morgan fingerprint density at radius 1 is 0.710 bits per heavy atom.